The summed E-state index contributed by atoms with van der Waals surface area (Å²) in [6.07, 6.45) is 3.92. The van der Waals surface area contributed by atoms with Crippen molar-refractivity contribution in [3.63, 3.8) is 0 Å². The van der Waals surface area contributed by atoms with Crippen molar-refractivity contribution in [1.29, 1.82) is 0 Å². The van der Waals surface area contributed by atoms with Crippen LogP contribution in [0, 0.1) is 5.92 Å². The van der Waals surface area contributed by atoms with Gasteiger partial charge in [-0.1, -0.05) is 29.3 Å². The van der Waals surface area contributed by atoms with E-state index in [-0.39, 0.29) is 29.4 Å². The Morgan fingerprint density at radius 3 is 2.42 bits per heavy atom. The van der Waals surface area contributed by atoms with Crippen LogP contribution in [0.25, 0.3) is 6.08 Å². The van der Waals surface area contributed by atoms with Gasteiger partial charge in [0, 0.05) is 44.1 Å². The van der Waals surface area contributed by atoms with E-state index in [1.807, 2.05) is 0 Å². The van der Waals surface area contributed by atoms with E-state index in [9.17, 15) is 19.2 Å². The molecule has 3 amide bonds. The van der Waals surface area contributed by atoms with E-state index in [0.29, 0.717) is 46.4 Å². The predicted molar refractivity (Wildman–Crippen MR) is 129 cm³/mol. The summed E-state index contributed by atoms with van der Waals surface area (Å²) in [5.74, 6) is -1.74. The Kier molecular flexibility index (Phi) is 10.1. The first-order valence-corrected chi connectivity index (χ1v) is 12.1. The molecule has 1 heterocycles. The topological polar surface area (TPSA) is 107 Å². The van der Waals surface area contributed by atoms with Crippen LogP contribution in [0.15, 0.2) is 23.1 Å². The normalized spacial score (nSPS) is 15.4. The summed E-state index contributed by atoms with van der Waals surface area (Å²) in [6.45, 7) is 2.20. The van der Waals surface area contributed by atoms with Crippen molar-refractivity contribution in [3.8, 4) is 0 Å². The molecule has 1 aromatic carbocycles. The monoisotopic (exact) mass is 515 g/mol. The van der Waals surface area contributed by atoms with Crippen LogP contribution >= 0.6 is 35.0 Å². The highest BCUT2D eigenvalue weighted by Gasteiger charge is 2.28. The standard InChI is InChI=1S/C22H27Cl2N3O5S/c1-13(22(31)32)25-21(30)15-8-10-27(11-9-15)17(28)7-5-14-4-6-16(20(24)19(14)23)33-12-18(29)26(2)3/h4-7,13,15H,8-12H2,1-3H3,(H,25,30)(H,31,32). The maximum atomic E-state index is 12.6. The van der Waals surface area contributed by atoms with E-state index in [4.69, 9.17) is 28.3 Å². The molecule has 1 aliphatic heterocycles. The number of carboxylic acids is 1. The van der Waals surface area contributed by atoms with Gasteiger partial charge in [0.2, 0.25) is 17.7 Å². The van der Waals surface area contributed by atoms with E-state index in [1.165, 1.54) is 29.7 Å². The molecule has 0 spiro atoms. The Morgan fingerprint density at radius 1 is 1.21 bits per heavy atom. The smallest absolute Gasteiger partial charge is 0.325 e. The number of thioether (sulfide) groups is 1. The fraction of sp³-hybridized carbons (Fsp3) is 0.455. The van der Waals surface area contributed by atoms with Gasteiger partial charge in [-0.2, -0.15) is 0 Å². The number of hydrogen-bond donors (Lipinski definition) is 2. The van der Waals surface area contributed by atoms with Crippen LogP contribution < -0.4 is 5.32 Å². The number of nitrogens with one attached hydrogen (secondary N) is 1. The second kappa shape index (κ2) is 12.3. The van der Waals surface area contributed by atoms with Crippen molar-refractivity contribution in [3.05, 3.63) is 33.8 Å². The number of carbonyl (C=O) groups excluding carboxylic acids is 3. The van der Waals surface area contributed by atoms with Gasteiger partial charge in [0.1, 0.15) is 6.04 Å². The van der Waals surface area contributed by atoms with Crippen LogP contribution in [-0.4, -0.2) is 77.6 Å². The van der Waals surface area contributed by atoms with Crippen LogP contribution in [0.3, 0.4) is 0 Å². The molecule has 0 aromatic heterocycles. The lowest BCUT2D eigenvalue weighted by Gasteiger charge is -2.31. The number of carbonyl (C=O) groups is 4. The summed E-state index contributed by atoms with van der Waals surface area (Å²) in [7, 11) is 3.36. The number of amides is 3. The van der Waals surface area contributed by atoms with Crippen molar-refractivity contribution < 1.29 is 24.3 Å². The SMILES string of the molecule is CC(NC(=O)C1CCN(C(=O)C=Cc2ccc(SCC(=O)N(C)C)c(Cl)c2Cl)CC1)C(=O)O. The molecule has 1 saturated heterocycles. The Labute approximate surface area is 207 Å². The molecule has 180 valence electrons. The van der Waals surface area contributed by atoms with Gasteiger partial charge in [0.25, 0.3) is 0 Å². The van der Waals surface area contributed by atoms with Crippen LogP contribution in [0.1, 0.15) is 25.3 Å². The molecular formula is C22H27Cl2N3O5S. The zero-order valence-corrected chi connectivity index (χ0v) is 21.0. The Bertz CT molecular complexity index is 946. The Hall–Kier alpha value is -2.23. The summed E-state index contributed by atoms with van der Waals surface area (Å²) in [4.78, 5) is 51.2. The predicted octanol–water partition coefficient (Wildman–Crippen LogP) is 3.01. The first-order chi connectivity index (χ1) is 15.5. The molecule has 0 bridgehead atoms. The fourth-order valence-corrected chi connectivity index (χ4v) is 4.63. The average Bonchev–Trinajstić information content (AvgIpc) is 2.78. The largest absolute Gasteiger partial charge is 0.480 e. The molecule has 1 unspecified atom stereocenters. The van der Waals surface area contributed by atoms with Gasteiger partial charge >= 0.3 is 5.97 Å². The minimum atomic E-state index is -1.09. The number of rotatable bonds is 8. The number of hydrogen-bond acceptors (Lipinski definition) is 5. The lowest BCUT2D eigenvalue weighted by Crippen LogP contribution is -2.46. The molecule has 0 radical (unpaired) electrons. The van der Waals surface area contributed by atoms with Crippen LogP contribution in [0.2, 0.25) is 10.0 Å². The van der Waals surface area contributed by atoms with Gasteiger partial charge in [-0.3, -0.25) is 19.2 Å². The van der Waals surface area contributed by atoms with Crippen molar-refractivity contribution >= 4 is 64.7 Å². The third-order valence-electron chi connectivity index (χ3n) is 5.24. The van der Waals surface area contributed by atoms with Crippen molar-refractivity contribution in [2.24, 2.45) is 5.92 Å². The molecule has 8 nitrogen and oxygen atoms in total. The van der Waals surface area contributed by atoms with Crippen molar-refractivity contribution in [2.45, 2.75) is 30.7 Å². The van der Waals surface area contributed by atoms with Gasteiger partial charge in [0.05, 0.1) is 15.8 Å². The number of likely N-dealkylation sites (tertiary alicyclic amines) is 1. The van der Waals surface area contributed by atoms with Crippen molar-refractivity contribution in [1.82, 2.24) is 15.1 Å². The highest BCUT2D eigenvalue weighted by atomic mass is 35.5. The second-order valence-corrected chi connectivity index (χ2v) is 9.63. The van der Waals surface area contributed by atoms with Gasteiger partial charge in [-0.15, -0.1) is 11.8 Å². The molecule has 1 atom stereocenters. The number of piperidine rings is 1. The lowest BCUT2D eigenvalue weighted by molar-refractivity contribution is -0.142. The summed E-state index contributed by atoms with van der Waals surface area (Å²) in [5, 5.41) is 12.0. The number of carboxylic acid groups (broad SMARTS) is 1. The van der Waals surface area contributed by atoms with Gasteiger partial charge in [-0.05, 0) is 37.5 Å². The summed E-state index contributed by atoms with van der Waals surface area (Å²) < 4.78 is 0. The van der Waals surface area contributed by atoms with Gasteiger partial charge in [-0.25, -0.2) is 0 Å². The van der Waals surface area contributed by atoms with E-state index in [0.717, 1.165) is 0 Å². The minimum absolute atomic E-state index is 0.0422. The first kappa shape index (κ1) is 27.0. The summed E-state index contributed by atoms with van der Waals surface area (Å²) in [6, 6.07) is 2.55. The zero-order valence-electron chi connectivity index (χ0n) is 18.6. The molecule has 1 fully saturated rings. The number of halogens is 2. The third kappa shape index (κ3) is 7.65. The molecule has 2 rings (SSSR count). The van der Waals surface area contributed by atoms with E-state index in [2.05, 4.69) is 5.32 Å². The summed E-state index contributed by atoms with van der Waals surface area (Å²) in [5.41, 5.74) is 0.579. The molecule has 11 heteroatoms. The third-order valence-corrected chi connectivity index (χ3v) is 7.29. The average molecular weight is 516 g/mol. The summed E-state index contributed by atoms with van der Waals surface area (Å²) >= 11 is 14.0. The van der Waals surface area contributed by atoms with E-state index in [1.54, 1.807) is 37.2 Å². The van der Waals surface area contributed by atoms with Crippen LogP contribution in [0.4, 0.5) is 0 Å². The fourth-order valence-electron chi connectivity index (χ4n) is 3.08. The quantitative estimate of drug-likeness (QED) is 0.407. The Morgan fingerprint density at radius 2 is 1.85 bits per heavy atom. The first-order valence-electron chi connectivity index (χ1n) is 10.3. The minimum Gasteiger partial charge on any atom is -0.480 e. The maximum absolute atomic E-state index is 12.6. The highest BCUT2D eigenvalue weighted by molar-refractivity contribution is 8.00. The highest BCUT2D eigenvalue weighted by Crippen LogP contribution is 2.36. The molecule has 1 aromatic rings. The lowest BCUT2D eigenvalue weighted by atomic mass is 9.95. The van der Waals surface area contributed by atoms with Crippen molar-refractivity contribution in [2.75, 3.05) is 32.9 Å². The second-order valence-electron chi connectivity index (χ2n) is 7.86. The number of nitrogens with zero attached hydrogens (tertiary/aromatic N) is 2. The molecule has 0 saturated carbocycles. The molecule has 1 aliphatic rings. The van der Waals surface area contributed by atoms with E-state index < -0.39 is 12.0 Å². The molecule has 33 heavy (non-hydrogen) atoms. The zero-order chi connectivity index (χ0) is 24.7. The van der Waals surface area contributed by atoms with Gasteiger partial charge < -0.3 is 20.2 Å². The van der Waals surface area contributed by atoms with Gasteiger partial charge in [0.15, 0.2) is 0 Å². The Balaban J connectivity index is 1.93. The maximum Gasteiger partial charge on any atom is 0.325 e. The number of aliphatic carboxylic acids is 1. The van der Waals surface area contributed by atoms with Crippen LogP contribution in [0.5, 0.6) is 0 Å². The molecular weight excluding hydrogens is 489 g/mol. The van der Waals surface area contributed by atoms with E-state index >= 15 is 0 Å². The molecule has 0 aliphatic carbocycles. The van der Waals surface area contributed by atoms with Crippen LogP contribution in [-0.2, 0) is 19.2 Å². The molecule has 2 N–H and O–H groups in total. The number of benzene rings is 1.